The normalized spacial score (nSPS) is 27.9. The number of carbonyl (C=O) groups is 2. The Kier molecular flexibility index (Phi) is 5.10. The monoisotopic (exact) mass is 413 g/mol. The fourth-order valence-electron chi connectivity index (χ4n) is 5.50. The van der Waals surface area contributed by atoms with Gasteiger partial charge in [0.05, 0.1) is 21.3 Å². The molecule has 1 fully saturated rings. The molecule has 160 valence electrons. The number of allylic oxidation sites excluding steroid dienone is 1. The second kappa shape index (κ2) is 7.47. The van der Waals surface area contributed by atoms with Crippen molar-refractivity contribution in [1.29, 1.82) is 0 Å². The first-order valence-electron chi connectivity index (χ1n) is 10.0. The van der Waals surface area contributed by atoms with Crippen LogP contribution in [0.3, 0.4) is 0 Å². The standard InChI is InChI=1S/C23H27NO6/c1-24-8-7-23-12-17(25)18(28-2)11-15(23)16(24)10-14-13(5-6-20(26)30-4)9-19(29-3)22(27)21(14)23/h5-6,9,11,15-16,27H,7-8,10,12H2,1-4H3/b6-5+/t15-,16+,23-/m0/s1. The van der Waals surface area contributed by atoms with Gasteiger partial charge in [0.2, 0.25) is 0 Å². The average molecular weight is 413 g/mol. The zero-order valence-electron chi connectivity index (χ0n) is 17.7. The number of likely N-dealkylation sites (tertiary alicyclic amines) is 1. The molecule has 3 aliphatic rings. The molecule has 4 rings (SSSR count). The first-order valence-corrected chi connectivity index (χ1v) is 10.0. The minimum absolute atomic E-state index is 0.0341. The fraction of sp³-hybridized carbons (Fsp3) is 0.478. The number of hydrogen-bond acceptors (Lipinski definition) is 7. The predicted octanol–water partition coefficient (Wildman–Crippen LogP) is 2.20. The summed E-state index contributed by atoms with van der Waals surface area (Å²) in [5, 5.41) is 11.2. The molecule has 0 unspecified atom stereocenters. The van der Waals surface area contributed by atoms with Gasteiger partial charge < -0.3 is 24.2 Å². The van der Waals surface area contributed by atoms with E-state index in [-0.39, 0.29) is 29.9 Å². The molecule has 0 spiro atoms. The van der Waals surface area contributed by atoms with Crippen LogP contribution in [-0.4, -0.2) is 62.7 Å². The fourth-order valence-corrected chi connectivity index (χ4v) is 5.50. The Morgan fingerprint density at radius 2 is 2.07 bits per heavy atom. The van der Waals surface area contributed by atoms with Crippen molar-refractivity contribution in [2.45, 2.75) is 30.7 Å². The molecule has 7 nitrogen and oxygen atoms in total. The third-order valence-electron chi connectivity index (χ3n) is 6.97. The number of hydrogen-bond donors (Lipinski definition) is 1. The Morgan fingerprint density at radius 3 is 2.73 bits per heavy atom. The number of carbonyl (C=O) groups excluding carboxylic acids is 2. The lowest BCUT2D eigenvalue weighted by atomic mass is 9.53. The van der Waals surface area contributed by atoms with Crippen LogP contribution in [0.1, 0.15) is 29.5 Å². The van der Waals surface area contributed by atoms with Crippen LogP contribution in [0.5, 0.6) is 11.5 Å². The minimum Gasteiger partial charge on any atom is -0.504 e. The van der Waals surface area contributed by atoms with Gasteiger partial charge in [0.15, 0.2) is 23.0 Å². The van der Waals surface area contributed by atoms with E-state index in [9.17, 15) is 14.7 Å². The topological polar surface area (TPSA) is 85.3 Å². The molecule has 1 saturated heterocycles. The molecule has 30 heavy (non-hydrogen) atoms. The molecular formula is C23H27NO6. The second-order valence-corrected chi connectivity index (χ2v) is 8.25. The molecule has 1 N–H and O–H groups in total. The number of rotatable bonds is 4. The van der Waals surface area contributed by atoms with Crippen LogP contribution in [-0.2, 0) is 30.9 Å². The van der Waals surface area contributed by atoms with Crippen LogP contribution in [0.15, 0.2) is 24.0 Å². The van der Waals surface area contributed by atoms with Crippen LogP contribution in [0.2, 0.25) is 0 Å². The van der Waals surface area contributed by atoms with Gasteiger partial charge in [-0.05, 0) is 55.8 Å². The van der Waals surface area contributed by atoms with E-state index in [1.807, 2.05) is 6.08 Å². The highest BCUT2D eigenvalue weighted by molar-refractivity contribution is 5.96. The minimum atomic E-state index is -0.531. The highest BCUT2D eigenvalue weighted by atomic mass is 16.5. The molecule has 0 radical (unpaired) electrons. The SMILES string of the molecule is COC(=O)/C=C/c1cc(OC)c(O)c2c1C[C@@H]1[C@@H]3C=C(OC)C(=O)C[C@]23CCN1C. The van der Waals surface area contributed by atoms with E-state index >= 15 is 0 Å². The summed E-state index contributed by atoms with van der Waals surface area (Å²) in [4.78, 5) is 26.9. The summed E-state index contributed by atoms with van der Waals surface area (Å²) in [5.74, 6) is 0.328. The highest BCUT2D eigenvalue weighted by Gasteiger charge is 2.57. The largest absolute Gasteiger partial charge is 0.504 e. The first-order chi connectivity index (χ1) is 14.4. The molecular weight excluding hydrogens is 386 g/mol. The van der Waals surface area contributed by atoms with E-state index in [1.54, 1.807) is 12.1 Å². The van der Waals surface area contributed by atoms with Gasteiger partial charge in [-0.25, -0.2) is 4.79 Å². The summed E-state index contributed by atoms with van der Waals surface area (Å²) < 4.78 is 15.5. The molecule has 2 bridgehead atoms. The number of benzene rings is 1. The van der Waals surface area contributed by atoms with Gasteiger partial charge in [-0.1, -0.05) is 0 Å². The number of likely N-dealkylation sites (N-methyl/N-ethyl adjacent to an activating group) is 1. The predicted molar refractivity (Wildman–Crippen MR) is 110 cm³/mol. The van der Waals surface area contributed by atoms with Gasteiger partial charge in [0.25, 0.3) is 0 Å². The number of phenolic OH excluding ortho intramolecular Hbond substituents is 1. The molecule has 3 atom stereocenters. The number of esters is 1. The molecule has 1 heterocycles. The molecule has 0 amide bonds. The maximum atomic E-state index is 12.9. The van der Waals surface area contributed by atoms with Crippen molar-refractivity contribution >= 4 is 17.8 Å². The van der Waals surface area contributed by atoms with E-state index in [2.05, 4.69) is 11.9 Å². The van der Waals surface area contributed by atoms with Crippen molar-refractivity contribution in [3.05, 3.63) is 40.7 Å². The molecule has 7 heteroatoms. The van der Waals surface area contributed by atoms with Crippen LogP contribution in [0.25, 0.3) is 6.08 Å². The van der Waals surface area contributed by atoms with Crippen molar-refractivity contribution in [2.75, 3.05) is 34.9 Å². The summed E-state index contributed by atoms with van der Waals surface area (Å²) in [6.07, 6.45) is 6.69. The van der Waals surface area contributed by atoms with E-state index < -0.39 is 11.4 Å². The third kappa shape index (κ3) is 2.91. The number of piperidine rings is 1. The van der Waals surface area contributed by atoms with Gasteiger partial charge in [-0.2, -0.15) is 0 Å². The van der Waals surface area contributed by atoms with E-state index in [1.165, 1.54) is 27.4 Å². The summed E-state index contributed by atoms with van der Waals surface area (Å²) in [5.41, 5.74) is 1.97. The number of phenols is 1. The molecule has 1 aromatic rings. The van der Waals surface area contributed by atoms with Crippen LogP contribution < -0.4 is 4.74 Å². The summed E-state index contributed by atoms with van der Waals surface area (Å²) in [6, 6.07) is 1.89. The quantitative estimate of drug-likeness (QED) is 0.598. The summed E-state index contributed by atoms with van der Waals surface area (Å²) in [7, 11) is 6.44. The Hall–Kier alpha value is -2.80. The zero-order valence-corrected chi connectivity index (χ0v) is 17.7. The molecule has 1 aromatic carbocycles. The molecule has 2 aliphatic carbocycles. The number of fused-ring (bicyclic) bond motifs is 1. The number of ketones is 1. The Balaban J connectivity index is 1.98. The van der Waals surface area contributed by atoms with E-state index in [0.717, 1.165) is 29.7 Å². The molecule has 1 aliphatic heterocycles. The van der Waals surface area contributed by atoms with Gasteiger partial charge in [-0.3, -0.25) is 4.79 Å². The summed E-state index contributed by atoms with van der Waals surface area (Å²) in [6.45, 7) is 0.827. The van der Waals surface area contributed by atoms with E-state index in [0.29, 0.717) is 17.9 Å². The Labute approximate surface area is 175 Å². The number of Topliss-reactive ketones (excluding diaryl/α,β-unsaturated/α-hetero) is 1. The van der Waals surface area contributed by atoms with Crippen LogP contribution in [0.4, 0.5) is 0 Å². The maximum absolute atomic E-state index is 12.9. The molecule has 0 saturated carbocycles. The Morgan fingerprint density at radius 1 is 1.30 bits per heavy atom. The van der Waals surface area contributed by atoms with Crippen molar-refractivity contribution in [1.82, 2.24) is 4.90 Å². The van der Waals surface area contributed by atoms with Crippen molar-refractivity contribution in [2.24, 2.45) is 5.92 Å². The highest BCUT2D eigenvalue weighted by Crippen LogP contribution is 2.58. The maximum Gasteiger partial charge on any atom is 0.330 e. The number of methoxy groups -OCH3 is 3. The molecule has 0 aromatic heterocycles. The second-order valence-electron chi connectivity index (χ2n) is 8.25. The van der Waals surface area contributed by atoms with E-state index in [4.69, 9.17) is 14.2 Å². The van der Waals surface area contributed by atoms with Gasteiger partial charge >= 0.3 is 5.97 Å². The number of nitrogens with zero attached hydrogens (tertiary/aromatic N) is 1. The lowest BCUT2D eigenvalue weighted by molar-refractivity contribution is -0.134. The van der Waals surface area contributed by atoms with Crippen molar-refractivity contribution < 1.29 is 28.9 Å². The number of aromatic hydroxyl groups is 1. The van der Waals surface area contributed by atoms with Gasteiger partial charge in [0.1, 0.15) is 0 Å². The average Bonchev–Trinajstić information content (AvgIpc) is 2.74. The van der Waals surface area contributed by atoms with Crippen molar-refractivity contribution in [3.8, 4) is 11.5 Å². The lowest BCUT2D eigenvalue weighted by Gasteiger charge is -2.56. The van der Waals surface area contributed by atoms with Crippen LogP contribution >= 0.6 is 0 Å². The lowest BCUT2D eigenvalue weighted by Crippen LogP contribution is -2.60. The third-order valence-corrected chi connectivity index (χ3v) is 6.97. The smallest absolute Gasteiger partial charge is 0.330 e. The Bertz CT molecular complexity index is 965. The van der Waals surface area contributed by atoms with Gasteiger partial charge in [0, 0.05) is 35.4 Å². The van der Waals surface area contributed by atoms with Gasteiger partial charge in [-0.15, -0.1) is 0 Å². The zero-order chi connectivity index (χ0) is 21.6. The van der Waals surface area contributed by atoms with Crippen LogP contribution in [0, 0.1) is 5.92 Å². The van der Waals surface area contributed by atoms with Crippen molar-refractivity contribution in [3.63, 3.8) is 0 Å². The number of ether oxygens (including phenoxy) is 3. The first kappa shape index (κ1) is 20.5. The summed E-state index contributed by atoms with van der Waals surface area (Å²) >= 11 is 0.